The number of hydrogen-bond acceptors (Lipinski definition) is 3. The molecule has 0 fully saturated rings. The fraction of sp³-hybridized carbons (Fsp3) is 0.333. The summed E-state index contributed by atoms with van der Waals surface area (Å²) in [6, 6.07) is 10.5. The molecule has 1 aromatic carbocycles. The monoisotopic (exact) mass is 345 g/mol. The van der Waals surface area contributed by atoms with Gasteiger partial charge in [0.05, 0.1) is 6.04 Å². The Morgan fingerprint density at radius 1 is 1.00 bits per heavy atom. The molecule has 6 heteroatoms. The van der Waals surface area contributed by atoms with Gasteiger partial charge in [-0.05, 0) is 35.4 Å². The Kier molecular flexibility index (Phi) is 5.98. The van der Waals surface area contributed by atoms with Crippen molar-refractivity contribution in [3.8, 4) is 0 Å². The van der Waals surface area contributed by atoms with Gasteiger partial charge in [-0.2, -0.15) is 0 Å². The van der Waals surface area contributed by atoms with Crippen molar-refractivity contribution in [3.05, 3.63) is 57.8 Å². The van der Waals surface area contributed by atoms with Crippen molar-refractivity contribution in [2.75, 3.05) is 0 Å². The van der Waals surface area contributed by atoms with Crippen LogP contribution in [0.15, 0.2) is 41.8 Å². The molecule has 0 saturated heterocycles. The molecule has 2 aromatic rings. The normalized spacial score (nSPS) is 13.3. The van der Waals surface area contributed by atoms with Gasteiger partial charge in [0.15, 0.2) is 0 Å². The lowest BCUT2D eigenvalue weighted by Gasteiger charge is -2.21. The Labute approximate surface area is 146 Å². The van der Waals surface area contributed by atoms with Crippen molar-refractivity contribution < 1.29 is 9.59 Å². The number of nitrogens with two attached hydrogens (primary N) is 1. The van der Waals surface area contributed by atoms with Gasteiger partial charge in [0.2, 0.25) is 5.91 Å². The molecule has 3 amide bonds. The predicted octanol–water partition coefficient (Wildman–Crippen LogP) is 3.13. The fourth-order valence-electron chi connectivity index (χ4n) is 2.39. The number of urea groups is 1. The molecule has 0 aliphatic rings. The van der Waals surface area contributed by atoms with Crippen LogP contribution in [0.25, 0.3) is 0 Å². The highest BCUT2D eigenvalue weighted by molar-refractivity contribution is 7.10. The Balaban J connectivity index is 2.23. The maximum Gasteiger partial charge on any atom is 0.312 e. The third-order valence-corrected chi connectivity index (χ3v) is 4.74. The van der Waals surface area contributed by atoms with Gasteiger partial charge in [0.1, 0.15) is 6.04 Å². The molecule has 0 radical (unpaired) electrons. The van der Waals surface area contributed by atoms with Crippen molar-refractivity contribution in [1.82, 2.24) is 10.6 Å². The molecule has 5 nitrogen and oxygen atoms in total. The van der Waals surface area contributed by atoms with Gasteiger partial charge < -0.3 is 16.4 Å². The predicted molar refractivity (Wildman–Crippen MR) is 97.0 cm³/mol. The molecule has 0 aliphatic heterocycles. The molecule has 2 atom stereocenters. The first-order valence-corrected chi connectivity index (χ1v) is 8.76. The van der Waals surface area contributed by atoms with E-state index in [0.717, 1.165) is 10.4 Å². The molecule has 1 aromatic heterocycles. The van der Waals surface area contributed by atoms with Gasteiger partial charge >= 0.3 is 6.03 Å². The van der Waals surface area contributed by atoms with Gasteiger partial charge in [-0.3, -0.25) is 4.79 Å². The third-order valence-electron chi connectivity index (χ3n) is 3.80. The minimum absolute atomic E-state index is 0.254. The number of hydrogen-bond donors (Lipinski definition) is 3. The highest BCUT2D eigenvalue weighted by Crippen LogP contribution is 2.27. The van der Waals surface area contributed by atoms with E-state index in [9.17, 15) is 9.59 Å². The van der Waals surface area contributed by atoms with Crippen LogP contribution in [0, 0.1) is 0 Å². The summed E-state index contributed by atoms with van der Waals surface area (Å²) in [6.07, 6.45) is 0. The number of carbonyl (C=O) groups is 2. The largest absolute Gasteiger partial charge is 0.352 e. The highest BCUT2D eigenvalue weighted by Gasteiger charge is 2.22. The van der Waals surface area contributed by atoms with E-state index in [0.29, 0.717) is 5.92 Å². The standard InChI is InChI=1S/C18H23N3O2S/c1-11(2)13-6-8-14(9-7-13)16(15-5-4-10-24-15)21-17(22)12(3)20-18(19)23/h4-12,16H,1-3H3,(H,21,22)(H3,19,20,23). The summed E-state index contributed by atoms with van der Waals surface area (Å²) in [5.41, 5.74) is 7.33. The van der Waals surface area contributed by atoms with E-state index >= 15 is 0 Å². The van der Waals surface area contributed by atoms with Crippen LogP contribution in [0.3, 0.4) is 0 Å². The average Bonchev–Trinajstić information content (AvgIpc) is 3.06. The highest BCUT2D eigenvalue weighted by atomic mass is 32.1. The Bertz CT molecular complexity index is 681. The van der Waals surface area contributed by atoms with Gasteiger partial charge in [-0.15, -0.1) is 11.3 Å². The molecular formula is C18H23N3O2S. The lowest BCUT2D eigenvalue weighted by Crippen LogP contribution is -2.47. The van der Waals surface area contributed by atoms with E-state index in [1.54, 1.807) is 18.3 Å². The summed E-state index contributed by atoms with van der Waals surface area (Å²) in [6.45, 7) is 5.89. The first-order valence-electron chi connectivity index (χ1n) is 7.88. The molecule has 4 N–H and O–H groups in total. The molecule has 0 spiro atoms. The van der Waals surface area contributed by atoms with Gasteiger partial charge in [-0.25, -0.2) is 4.79 Å². The molecule has 0 saturated carbocycles. The molecule has 2 rings (SSSR count). The molecule has 24 heavy (non-hydrogen) atoms. The number of rotatable bonds is 6. The summed E-state index contributed by atoms with van der Waals surface area (Å²) in [7, 11) is 0. The van der Waals surface area contributed by atoms with E-state index in [4.69, 9.17) is 5.73 Å². The fourth-order valence-corrected chi connectivity index (χ4v) is 3.20. The van der Waals surface area contributed by atoms with Crippen molar-refractivity contribution >= 4 is 23.3 Å². The van der Waals surface area contributed by atoms with Crippen molar-refractivity contribution in [2.24, 2.45) is 5.73 Å². The average molecular weight is 345 g/mol. The smallest absolute Gasteiger partial charge is 0.312 e. The van der Waals surface area contributed by atoms with E-state index < -0.39 is 12.1 Å². The van der Waals surface area contributed by atoms with Crippen LogP contribution in [0.1, 0.15) is 48.7 Å². The summed E-state index contributed by atoms with van der Waals surface area (Å²) in [4.78, 5) is 24.3. The van der Waals surface area contributed by atoms with Crippen molar-refractivity contribution in [3.63, 3.8) is 0 Å². The molecule has 2 unspecified atom stereocenters. The first-order chi connectivity index (χ1) is 11.4. The first kappa shape index (κ1) is 18.0. The second-order valence-corrected chi connectivity index (χ2v) is 6.99. The SMILES string of the molecule is CC(NC(N)=O)C(=O)NC(c1ccc(C(C)C)cc1)c1cccs1. The van der Waals surface area contributed by atoms with Gasteiger partial charge in [-0.1, -0.05) is 44.2 Å². The molecule has 0 aliphatic carbocycles. The Hall–Kier alpha value is -2.34. The minimum atomic E-state index is -0.716. The second kappa shape index (κ2) is 7.97. The molecule has 0 bridgehead atoms. The quantitative estimate of drug-likeness (QED) is 0.751. The summed E-state index contributed by atoms with van der Waals surface area (Å²) in [5.74, 6) is 0.175. The van der Waals surface area contributed by atoms with Crippen LogP contribution in [0.2, 0.25) is 0 Å². The van der Waals surface area contributed by atoms with Gasteiger partial charge in [0.25, 0.3) is 0 Å². The number of benzene rings is 1. The molecular weight excluding hydrogens is 322 g/mol. The van der Waals surface area contributed by atoms with Crippen molar-refractivity contribution in [1.29, 1.82) is 0 Å². The van der Waals surface area contributed by atoms with Crippen LogP contribution in [0.4, 0.5) is 4.79 Å². The maximum atomic E-state index is 12.4. The minimum Gasteiger partial charge on any atom is -0.352 e. The number of carbonyl (C=O) groups excluding carboxylic acids is 2. The van der Waals surface area contributed by atoms with Gasteiger partial charge in [0, 0.05) is 4.88 Å². The van der Waals surface area contributed by atoms with E-state index in [1.807, 2.05) is 29.6 Å². The molecule has 128 valence electrons. The zero-order chi connectivity index (χ0) is 17.7. The van der Waals surface area contributed by atoms with Crippen LogP contribution >= 0.6 is 11.3 Å². The summed E-state index contributed by atoms with van der Waals surface area (Å²) in [5, 5.41) is 7.36. The molecule has 1 heterocycles. The number of nitrogens with one attached hydrogen (secondary N) is 2. The lowest BCUT2D eigenvalue weighted by molar-refractivity contribution is -0.123. The third kappa shape index (κ3) is 4.58. The number of thiophene rings is 1. The van der Waals surface area contributed by atoms with E-state index in [1.165, 1.54) is 5.56 Å². The second-order valence-electron chi connectivity index (χ2n) is 6.01. The lowest BCUT2D eigenvalue weighted by atomic mass is 9.98. The number of primary amides is 1. The van der Waals surface area contributed by atoms with E-state index in [2.05, 4.69) is 36.6 Å². The maximum absolute atomic E-state index is 12.4. The van der Waals surface area contributed by atoms with Crippen LogP contribution in [-0.4, -0.2) is 18.0 Å². The topological polar surface area (TPSA) is 84.2 Å². The number of amides is 3. The summed E-state index contributed by atoms with van der Waals surface area (Å²) >= 11 is 1.58. The van der Waals surface area contributed by atoms with E-state index in [-0.39, 0.29) is 11.9 Å². The van der Waals surface area contributed by atoms with Crippen LogP contribution < -0.4 is 16.4 Å². The van der Waals surface area contributed by atoms with Crippen LogP contribution in [-0.2, 0) is 4.79 Å². The Morgan fingerprint density at radius 2 is 1.62 bits per heavy atom. The zero-order valence-corrected chi connectivity index (χ0v) is 14.9. The zero-order valence-electron chi connectivity index (χ0n) is 14.1. The van der Waals surface area contributed by atoms with Crippen molar-refractivity contribution in [2.45, 2.75) is 38.8 Å². The van der Waals surface area contributed by atoms with Crippen LogP contribution in [0.5, 0.6) is 0 Å². The summed E-state index contributed by atoms with van der Waals surface area (Å²) < 4.78 is 0. The Morgan fingerprint density at radius 3 is 2.12 bits per heavy atom.